The molecule has 0 radical (unpaired) electrons. The molecule has 4 aliphatic rings. The average Bonchev–Trinajstić information content (AvgIpc) is 3.19. The molecule has 130 valence electrons. The van der Waals surface area contributed by atoms with E-state index in [9.17, 15) is 8.42 Å². The molecule has 1 aromatic rings. The highest BCUT2D eigenvalue weighted by Crippen LogP contribution is 2.57. The van der Waals surface area contributed by atoms with Gasteiger partial charge < -0.3 is 4.74 Å². The van der Waals surface area contributed by atoms with Gasteiger partial charge in [-0.1, -0.05) is 31.0 Å². The third-order valence-electron chi connectivity index (χ3n) is 7.03. The summed E-state index contributed by atoms with van der Waals surface area (Å²) in [5.41, 5.74) is 0.0782. The minimum atomic E-state index is -3.31. The van der Waals surface area contributed by atoms with Crippen molar-refractivity contribution in [1.82, 2.24) is 4.90 Å². The minimum Gasteiger partial charge on any atom is -0.361 e. The van der Waals surface area contributed by atoms with Crippen molar-refractivity contribution in [2.45, 2.75) is 72.9 Å². The van der Waals surface area contributed by atoms with Crippen LogP contribution in [0.25, 0.3) is 0 Å². The van der Waals surface area contributed by atoms with Crippen LogP contribution < -0.4 is 0 Å². The second-order valence-electron chi connectivity index (χ2n) is 7.99. The summed E-state index contributed by atoms with van der Waals surface area (Å²) in [4.78, 5) is 2.99. The van der Waals surface area contributed by atoms with Crippen LogP contribution in [0.3, 0.4) is 0 Å². The van der Waals surface area contributed by atoms with E-state index < -0.39 is 9.84 Å². The molecular formula is C19H25NO3S. The standard InChI is InChI=1S/C19H25NO3S/c21-24(22,15-7-2-1-3-8-15)17-12-19-11-5-4-6-14(19)9-10-18-20(19)16(17)13-23-18/h1-3,7-8,14,16-18H,4-6,9-13H2/t14-,16-,17+,18+,19-/m0/s1. The summed E-state index contributed by atoms with van der Waals surface area (Å²) in [6.07, 6.45) is 8.16. The van der Waals surface area contributed by atoms with Crippen molar-refractivity contribution in [2.75, 3.05) is 6.61 Å². The SMILES string of the molecule is O=S(=O)(c1ccccc1)[C@@H]1C[C@@]23CCCC[C@H]2CC[C@H]2OC[C@@H]1N23. The maximum Gasteiger partial charge on any atom is 0.182 e. The van der Waals surface area contributed by atoms with Crippen LogP contribution in [0.15, 0.2) is 35.2 Å². The van der Waals surface area contributed by atoms with Crippen molar-refractivity contribution in [2.24, 2.45) is 5.92 Å². The topological polar surface area (TPSA) is 46.6 Å². The first-order chi connectivity index (χ1) is 11.6. The molecule has 4 nitrogen and oxygen atoms in total. The Labute approximate surface area is 144 Å². The van der Waals surface area contributed by atoms with Gasteiger partial charge in [0.15, 0.2) is 9.84 Å². The molecule has 1 spiro atoms. The highest BCUT2D eigenvalue weighted by atomic mass is 32.2. The van der Waals surface area contributed by atoms with Gasteiger partial charge in [-0.15, -0.1) is 0 Å². The molecule has 3 heterocycles. The highest BCUT2D eigenvalue weighted by Gasteiger charge is 2.64. The Morgan fingerprint density at radius 3 is 2.75 bits per heavy atom. The Morgan fingerprint density at radius 2 is 1.92 bits per heavy atom. The summed E-state index contributed by atoms with van der Waals surface area (Å²) in [6, 6.07) is 9.06. The number of nitrogens with zero attached hydrogens (tertiary/aromatic N) is 1. The predicted molar refractivity (Wildman–Crippen MR) is 91.3 cm³/mol. The Hall–Kier alpha value is -0.910. The monoisotopic (exact) mass is 347 g/mol. The fraction of sp³-hybridized carbons (Fsp3) is 0.684. The summed E-state index contributed by atoms with van der Waals surface area (Å²) in [6.45, 7) is 0.579. The third-order valence-corrected chi connectivity index (χ3v) is 9.24. The van der Waals surface area contributed by atoms with Crippen LogP contribution in [-0.4, -0.2) is 43.0 Å². The molecule has 5 heteroatoms. The van der Waals surface area contributed by atoms with E-state index >= 15 is 0 Å². The van der Waals surface area contributed by atoms with Crippen LogP contribution in [0.2, 0.25) is 0 Å². The number of sulfone groups is 1. The number of benzene rings is 1. The zero-order valence-corrected chi connectivity index (χ0v) is 14.7. The van der Waals surface area contributed by atoms with Gasteiger partial charge in [0.05, 0.1) is 22.8 Å². The second kappa shape index (κ2) is 5.29. The van der Waals surface area contributed by atoms with Gasteiger partial charge in [-0.3, -0.25) is 4.90 Å². The van der Waals surface area contributed by atoms with Crippen LogP contribution in [0, 0.1) is 5.92 Å². The van der Waals surface area contributed by atoms with Crippen molar-refractivity contribution in [3.63, 3.8) is 0 Å². The van der Waals surface area contributed by atoms with Crippen molar-refractivity contribution in [3.8, 4) is 0 Å². The van der Waals surface area contributed by atoms with Crippen LogP contribution in [0.4, 0.5) is 0 Å². The molecule has 1 aromatic carbocycles. The Bertz CT molecular complexity index is 734. The van der Waals surface area contributed by atoms with Gasteiger partial charge in [0.25, 0.3) is 0 Å². The van der Waals surface area contributed by atoms with E-state index in [-0.39, 0.29) is 23.1 Å². The van der Waals surface area contributed by atoms with Crippen molar-refractivity contribution >= 4 is 9.84 Å². The average molecular weight is 347 g/mol. The Morgan fingerprint density at radius 1 is 1.08 bits per heavy atom. The van der Waals surface area contributed by atoms with E-state index in [1.165, 1.54) is 25.7 Å². The fourth-order valence-electron chi connectivity index (χ4n) is 6.06. The van der Waals surface area contributed by atoms with Crippen LogP contribution in [0.5, 0.6) is 0 Å². The predicted octanol–water partition coefficient (Wildman–Crippen LogP) is 2.98. The normalized spacial score (nSPS) is 41.8. The number of piperidine rings is 1. The second-order valence-corrected chi connectivity index (χ2v) is 10.2. The van der Waals surface area contributed by atoms with Crippen LogP contribution >= 0.6 is 0 Å². The summed E-state index contributed by atoms with van der Waals surface area (Å²) >= 11 is 0. The smallest absolute Gasteiger partial charge is 0.182 e. The molecule has 0 N–H and O–H groups in total. The van der Waals surface area contributed by atoms with E-state index in [0.717, 1.165) is 19.3 Å². The lowest BCUT2D eigenvalue weighted by molar-refractivity contribution is -0.101. The number of hydrogen-bond acceptors (Lipinski definition) is 4. The van der Waals surface area contributed by atoms with Gasteiger partial charge >= 0.3 is 0 Å². The summed E-state index contributed by atoms with van der Waals surface area (Å²) in [5, 5.41) is -0.316. The fourth-order valence-corrected chi connectivity index (χ4v) is 8.08. The molecule has 0 bridgehead atoms. The lowest BCUT2D eigenvalue weighted by Crippen LogP contribution is -2.58. The van der Waals surface area contributed by atoms with Gasteiger partial charge in [-0.05, 0) is 50.2 Å². The van der Waals surface area contributed by atoms with Gasteiger partial charge in [0, 0.05) is 5.54 Å². The van der Waals surface area contributed by atoms with Crippen LogP contribution in [-0.2, 0) is 14.6 Å². The Balaban J connectivity index is 1.58. The molecule has 0 amide bonds. The molecule has 1 aliphatic carbocycles. The third kappa shape index (κ3) is 1.95. The molecule has 5 atom stereocenters. The quantitative estimate of drug-likeness (QED) is 0.825. The van der Waals surface area contributed by atoms with E-state index in [2.05, 4.69) is 4.90 Å². The van der Waals surface area contributed by atoms with E-state index in [4.69, 9.17) is 4.74 Å². The van der Waals surface area contributed by atoms with Gasteiger partial charge in [-0.2, -0.15) is 0 Å². The first-order valence-corrected chi connectivity index (χ1v) is 10.9. The first-order valence-electron chi connectivity index (χ1n) is 9.32. The summed E-state index contributed by atoms with van der Waals surface area (Å²) < 4.78 is 32.8. The Kier molecular flexibility index (Phi) is 3.39. The van der Waals surface area contributed by atoms with Crippen molar-refractivity contribution in [1.29, 1.82) is 0 Å². The highest BCUT2D eigenvalue weighted by molar-refractivity contribution is 7.92. The van der Waals surface area contributed by atoms with Crippen molar-refractivity contribution in [3.05, 3.63) is 30.3 Å². The molecule has 3 aliphatic heterocycles. The molecule has 0 aromatic heterocycles. The van der Waals surface area contributed by atoms with Crippen LogP contribution in [0.1, 0.15) is 44.9 Å². The number of rotatable bonds is 2. The summed E-state index contributed by atoms with van der Waals surface area (Å²) in [7, 11) is -3.31. The molecule has 1 saturated carbocycles. The largest absolute Gasteiger partial charge is 0.361 e. The lowest BCUT2D eigenvalue weighted by Gasteiger charge is -2.52. The maximum atomic E-state index is 13.4. The molecule has 24 heavy (non-hydrogen) atoms. The molecule has 4 fully saturated rings. The first kappa shape index (κ1) is 15.4. The minimum absolute atomic E-state index is 0.0427. The molecule has 5 rings (SSSR count). The van der Waals surface area contributed by atoms with E-state index in [0.29, 0.717) is 17.4 Å². The summed E-state index contributed by atoms with van der Waals surface area (Å²) in [5.74, 6) is 0.655. The van der Waals surface area contributed by atoms with E-state index in [1.807, 2.05) is 18.2 Å². The van der Waals surface area contributed by atoms with E-state index in [1.54, 1.807) is 12.1 Å². The molecule has 3 saturated heterocycles. The molecular weight excluding hydrogens is 322 g/mol. The number of hydrogen-bond donors (Lipinski definition) is 0. The molecule has 0 unspecified atom stereocenters. The van der Waals surface area contributed by atoms with Gasteiger partial charge in [-0.25, -0.2) is 8.42 Å². The van der Waals surface area contributed by atoms with Gasteiger partial charge in [0.1, 0.15) is 6.23 Å². The maximum absolute atomic E-state index is 13.4. The zero-order chi connectivity index (χ0) is 16.4. The van der Waals surface area contributed by atoms with Gasteiger partial charge in [0.2, 0.25) is 0 Å². The van der Waals surface area contributed by atoms with Crippen molar-refractivity contribution < 1.29 is 13.2 Å². The zero-order valence-electron chi connectivity index (χ0n) is 13.9. The number of ether oxygens (including phenoxy) is 1. The lowest BCUT2D eigenvalue weighted by atomic mass is 9.67.